The number of hydrogen-bond donors (Lipinski definition) is 2. The molecule has 1 aromatic carbocycles. The standard InChI is InChI=1S/C15H18FN3O2/c16-9-5-6-13-12(7-9)19-14(21-13)8-18-11-4-2-1-3-10(11)15(17)20/h5-7,10-11,18H,1-4,8H2,(H2,17,20)/t10-,11-/m1/s1. The number of nitrogens with zero attached hydrogens (tertiary/aromatic N) is 1. The van der Waals surface area contributed by atoms with Crippen molar-refractivity contribution in [2.45, 2.75) is 38.3 Å². The zero-order valence-electron chi connectivity index (χ0n) is 11.6. The molecule has 112 valence electrons. The molecule has 1 aliphatic rings. The van der Waals surface area contributed by atoms with E-state index in [0.29, 0.717) is 23.5 Å². The van der Waals surface area contributed by atoms with E-state index >= 15 is 0 Å². The summed E-state index contributed by atoms with van der Waals surface area (Å²) in [5.74, 6) is -0.242. The Kier molecular flexibility index (Phi) is 3.88. The second-order valence-electron chi connectivity index (χ2n) is 5.50. The fourth-order valence-corrected chi connectivity index (χ4v) is 2.96. The van der Waals surface area contributed by atoms with Gasteiger partial charge in [-0.05, 0) is 25.0 Å². The number of amides is 1. The van der Waals surface area contributed by atoms with E-state index in [2.05, 4.69) is 10.3 Å². The number of oxazole rings is 1. The molecule has 3 N–H and O–H groups in total. The lowest BCUT2D eigenvalue weighted by molar-refractivity contribution is -0.123. The quantitative estimate of drug-likeness (QED) is 0.904. The Hall–Kier alpha value is -1.95. The van der Waals surface area contributed by atoms with Crippen LogP contribution in [0.1, 0.15) is 31.6 Å². The van der Waals surface area contributed by atoms with E-state index in [9.17, 15) is 9.18 Å². The molecule has 1 fully saturated rings. The van der Waals surface area contributed by atoms with Crippen molar-refractivity contribution in [2.75, 3.05) is 0 Å². The van der Waals surface area contributed by atoms with Gasteiger partial charge in [-0.3, -0.25) is 4.79 Å². The molecule has 0 unspecified atom stereocenters. The number of aromatic nitrogens is 1. The molecule has 1 saturated carbocycles. The Bertz CT molecular complexity index is 655. The van der Waals surface area contributed by atoms with Gasteiger partial charge in [0.05, 0.1) is 12.5 Å². The number of fused-ring (bicyclic) bond motifs is 1. The van der Waals surface area contributed by atoms with Crippen LogP contribution >= 0.6 is 0 Å². The largest absolute Gasteiger partial charge is 0.439 e. The van der Waals surface area contributed by atoms with Crippen molar-refractivity contribution in [1.29, 1.82) is 0 Å². The molecule has 0 bridgehead atoms. The van der Waals surface area contributed by atoms with Gasteiger partial charge in [-0.1, -0.05) is 12.8 Å². The van der Waals surface area contributed by atoms with Gasteiger partial charge in [-0.2, -0.15) is 0 Å². The molecule has 2 aromatic rings. The number of carbonyl (C=O) groups excluding carboxylic acids is 1. The summed E-state index contributed by atoms with van der Waals surface area (Å²) in [4.78, 5) is 15.7. The number of primary amides is 1. The number of hydrogen-bond acceptors (Lipinski definition) is 4. The van der Waals surface area contributed by atoms with Crippen molar-refractivity contribution in [3.63, 3.8) is 0 Å². The SMILES string of the molecule is NC(=O)[C@@H]1CCCC[C@H]1NCc1nc2cc(F)ccc2o1. The van der Waals surface area contributed by atoms with Gasteiger partial charge in [0.2, 0.25) is 11.8 Å². The molecule has 1 heterocycles. The van der Waals surface area contributed by atoms with Gasteiger partial charge in [0.25, 0.3) is 0 Å². The van der Waals surface area contributed by atoms with Crippen LogP contribution < -0.4 is 11.1 Å². The predicted octanol–water partition coefficient (Wildman–Crippen LogP) is 2.10. The molecular formula is C15H18FN3O2. The van der Waals surface area contributed by atoms with E-state index in [1.54, 1.807) is 6.07 Å². The van der Waals surface area contributed by atoms with Crippen molar-refractivity contribution >= 4 is 17.0 Å². The first kappa shape index (κ1) is 14.0. The lowest BCUT2D eigenvalue weighted by Gasteiger charge is -2.29. The number of carbonyl (C=O) groups is 1. The average molecular weight is 291 g/mol. The highest BCUT2D eigenvalue weighted by Gasteiger charge is 2.29. The van der Waals surface area contributed by atoms with Gasteiger partial charge in [-0.25, -0.2) is 9.37 Å². The molecular weight excluding hydrogens is 273 g/mol. The molecule has 2 atom stereocenters. The maximum Gasteiger partial charge on any atom is 0.222 e. The summed E-state index contributed by atoms with van der Waals surface area (Å²) in [5.41, 5.74) is 6.51. The molecule has 0 saturated heterocycles. The average Bonchev–Trinajstić information content (AvgIpc) is 2.87. The summed E-state index contributed by atoms with van der Waals surface area (Å²) in [7, 11) is 0. The van der Waals surface area contributed by atoms with E-state index in [1.807, 2.05) is 0 Å². The lowest BCUT2D eigenvalue weighted by atomic mass is 9.84. The minimum absolute atomic E-state index is 0.0583. The van der Waals surface area contributed by atoms with Crippen LogP contribution in [0.5, 0.6) is 0 Å². The van der Waals surface area contributed by atoms with Gasteiger partial charge in [-0.15, -0.1) is 0 Å². The van der Waals surface area contributed by atoms with Crippen LogP contribution in [0, 0.1) is 11.7 Å². The van der Waals surface area contributed by atoms with E-state index in [1.165, 1.54) is 12.1 Å². The maximum absolute atomic E-state index is 13.1. The number of nitrogens with two attached hydrogens (primary N) is 1. The van der Waals surface area contributed by atoms with Gasteiger partial charge in [0.1, 0.15) is 11.3 Å². The van der Waals surface area contributed by atoms with Crippen LogP contribution in [-0.2, 0) is 11.3 Å². The van der Waals surface area contributed by atoms with E-state index in [-0.39, 0.29) is 23.7 Å². The third kappa shape index (κ3) is 3.05. The maximum atomic E-state index is 13.1. The summed E-state index contributed by atoms with van der Waals surface area (Å²) in [6.07, 6.45) is 3.86. The molecule has 0 spiro atoms. The summed E-state index contributed by atoms with van der Waals surface area (Å²) in [6, 6.07) is 4.31. The van der Waals surface area contributed by atoms with Crippen LogP contribution in [0.2, 0.25) is 0 Å². The summed E-state index contributed by atoms with van der Waals surface area (Å²) < 4.78 is 18.7. The van der Waals surface area contributed by atoms with E-state index < -0.39 is 0 Å². The fraction of sp³-hybridized carbons (Fsp3) is 0.467. The molecule has 3 rings (SSSR count). The summed E-state index contributed by atoms with van der Waals surface area (Å²) >= 11 is 0. The number of nitrogens with one attached hydrogen (secondary N) is 1. The zero-order chi connectivity index (χ0) is 14.8. The van der Waals surface area contributed by atoms with Gasteiger partial charge < -0.3 is 15.5 Å². The summed E-state index contributed by atoms with van der Waals surface area (Å²) in [6.45, 7) is 0.407. The predicted molar refractivity (Wildman–Crippen MR) is 75.7 cm³/mol. The Labute approximate surface area is 121 Å². The van der Waals surface area contributed by atoms with Crippen molar-refractivity contribution in [2.24, 2.45) is 11.7 Å². The minimum atomic E-state index is -0.337. The highest BCUT2D eigenvalue weighted by atomic mass is 19.1. The second kappa shape index (κ2) is 5.81. The smallest absolute Gasteiger partial charge is 0.222 e. The van der Waals surface area contributed by atoms with Crippen molar-refractivity contribution in [1.82, 2.24) is 10.3 Å². The Morgan fingerprint density at radius 3 is 3.05 bits per heavy atom. The molecule has 0 aliphatic heterocycles. The number of benzene rings is 1. The van der Waals surface area contributed by atoms with Crippen LogP contribution in [-0.4, -0.2) is 16.9 Å². The zero-order valence-corrected chi connectivity index (χ0v) is 11.6. The van der Waals surface area contributed by atoms with E-state index in [4.69, 9.17) is 10.2 Å². The molecule has 6 heteroatoms. The first-order valence-electron chi connectivity index (χ1n) is 7.21. The third-order valence-corrected chi connectivity index (χ3v) is 4.04. The van der Waals surface area contributed by atoms with Crippen molar-refractivity contribution in [3.8, 4) is 0 Å². The van der Waals surface area contributed by atoms with Crippen LogP contribution in [0.4, 0.5) is 4.39 Å². The second-order valence-corrected chi connectivity index (χ2v) is 5.50. The minimum Gasteiger partial charge on any atom is -0.439 e. The molecule has 1 amide bonds. The normalized spacial score (nSPS) is 22.5. The Balaban J connectivity index is 1.69. The van der Waals surface area contributed by atoms with Crippen LogP contribution in [0.3, 0.4) is 0 Å². The molecule has 1 aliphatic carbocycles. The van der Waals surface area contributed by atoms with Gasteiger partial charge in [0.15, 0.2) is 5.58 Å². The molecule has 0 radical (unpaired) electrons. The van der Waals surface area contributed by atoms with Crippen LogP contribution in [0.15, 0.2) is 22.6 Å². The monoisotopic (exact) mass is 291 g/mol. The summed E-state index contributed by atoms with van der Waals surface area (Å²) in [5, 5.41) is 3.29. The third-order valence-electron chi connectivity index (χ3n) is 4.04. The molecule has 1 aromatic heterocycles. The fourth-order valence-electron chi connectivity index (χ4n) is 2.96. The lowest BCUT2D eigenvalue weighted by Crippen LogP contribution is -2.44. The topological polar surface area (TPSA) is 81.2 Å². The van der Waals surface area contributed by atoms with E-state index in [0.717, 1.165) is 25.7 Å². The Morgan fingerprint density at radius 1 is 1.43 bits per heavy atom. The number of halogens is 1. The Morgan fingerprint density at radius 2 is 2.24 bits per heavy atom. The highest BCUT2D eigenvalue weighted by molar-refractivity contribution is 5.77. The van der Waals surface area contributed by atoms with Crippen molar-refractivity contribution in [3.05, 3.63) is 29.9 Å². The number of rotatable bonds is 4. The van der Waals surface area contributed by atoms with Gasteiger partial charge >= 0.3 is 0 Å². The van der Waals surface area contributed by atoms with Crippen LogP contribution in [0.25, 0.3) is 11.1 Å². The first-order valence-corrected chi connectivity index (χ1v) is 7.21. The first-order chi connectivity index (χ1) is 10.1. The molecule has 21 heavy (non-hydrogen) atoms. The van der Waals surface area contributed by atoms with Gasteiger partial charge in [0, 0.05) is 12.1 Å². The highest BCUT2D eigenvalue weighted by Crippen LogP contribution is 2.25. The molecule has 5 nitrogen and oxygen atoms in total. The van der Waals surface area contributed by atoms with Crippen molar-refractivity contribution < 1.29 is 13.6 Å².